The maximum Gasteiger partial charge on any atom is 0.234 e. The van der Waals surface area contributed by atoms with E-state index >= 15 is 0 Å². The zero-order valence-corrected chi connectivity index (χ0v) is 13.9. The van der Waals surface area contributed by atoms with Gasteiger partial charge in [0.05, 0.1) is 6.54 Å². The number of carbonyl (C=O) groups excluding carboxylic acids is 1. The van der Waals surface area contributed by atoms with Crippen LogP contribution in [0.4, 0.5) is 0 Å². The third kappa shape index (κ3) is 4.66. The third-order valence-corrected chi connectivity index (χ3v) is 5.16. The molecule has 0 aromatic heterocycles. The summed E-state index contributed by atoms with van der Waals surface area (Å²) in [6, 6.07) is 0.607. The van der Waals surface area contributed by atoms with Gasteiger partial charge >= 0.3 is 0 Å². The molecule has 0 bridgehead atoms. The number of rotatable bonds is 4. The van der Waals surface area contributed by atoms with Gasteiger partial charge in [-0.25, -0.2) is 0 Å². The fourth-order valence-corrected chi connectivity index (χ4v) is 3.49. The molecule has 0 aromatic rings. The molecule has 2 aliphatic heterocycles. The maximum atomic E-state index is 12.2. The van der Waals surface area contributed by atoms with E-state index in [1.54, 1.807) is 0 Å². The predicted octanol–water partition coefficient (Wildman–Crippen LogP) is 0.646. The van der Waals surface area contributed by atoms with Crippen molar-refractivity contribution < 1.29 is 4.79 Å². The van der Waals surface area contributed by atoms with Gasteiger partial charge in [-0.05, 0) is 31.2 Å². The molecule has 1 atom stereocenters. The first-order valence-electron chi connectivity index (χ1n) is 8.40. The van der Waals surface area contributed by atoms with Crippen molar-refractivity contribution in [3.8, 4) is 0 Å². The molecule has 5 nitrogen and oxygen atoms in total. The summed E-state index contributed by atoms with van der Waals surface area (Å²) in [5.74, 6) is 0.177. The molecule has 0 radical (unpaired) electrons. The Hall–Kier alpha value is -0.650. The van der Waals surface area contributed by atoms with Crippen LogP contribution in [-0.2, 0) is 4.79 Å². The van der Waals surface area contributed by atoms with Gasteiger partial charge in [0.1, 0.15) is 0 Å². The lowest BCUT2D eigenvalue weighted by Gasteiger charge is -2.42. The van der Waals surface area contributed by atoms with Gasteiger partial charge in [0, 0.05) is 38.3 Å². The van der Waals surface area contributed by atoms with Gasteiger partial charge in [0.25, 0.3) is 0 Å². The van der Waals surface area contributed by atoms with Crippen LogP contribution >= 0.6 is 0 Å². The molecule has 3 N–H and O–H groups in total. The van der Waals surface area contributed by atoms with Crippen LogP contribution in [0.3, 0.4) is 0 Å². The quantitative estimate of drug-likeness (QED) is 0.799. The monoisotopic (exact) mass is 296 g/mol. The summed E-state index contributed by atoms with van der Waals surface area (Å²) in [7, 11) is 0. The van der Waals surface area contributed by atoms with Gasteiger partial charge in [-0.15, -0.1) is 0 Å². The topological polar surface area (TPSA) is 61.6 Å². The molecule has 2 saturated heterocycles. The van der Waals surface area contributed by atoms with E-state index in [2.05, 4.69) is 35.9 Å². The van der Waals surface area contributed by atoms with Crippen molar-refractivity contribution >= 4 is 5.91 Å². The Labute approximate surface area is 129 Å². The average Bonchev–Trinajstić information content (AvgIpc) is 2.43. The van der Waals surface area contributed by atoms with Crippen molar-refractivity contribution in [2.24, 2.45) is 11.1 Å². The van der Waals surface area contributed by atoms with Crippen molar-refractivity contribution in [3.63, 3.8) is 0 Å². The number of nitrogens with zero attached hydrogens (tertiary/aromatic N) is 2. The lowest BCUT2D eigenvalue weighted by molar-refractivity contribution is -0.124. The molecule has 0 saturated carbocycles. The molecule has 0 aliphatic carbocycles. The van der Waals surface area contributed by atoms with Crippen LogP contribution in [0.2, 0.25) is 0 Å². The highest BCUT2D eigenvalue weighted by atomic mass is 16.2. The lowest BCUT2D eigenvalue weighted by atomic mass is 9.80. The number of nitrogens with two attached hydrogens (primary N) is 1. The minimum atomic E-state index is 0.102. The Kier molecular flexibility index (Phi) is 5.63. The first-order valence-corrected chi connectivity index (χ1v) is 8.40. The zero-order valence-electron chi connectivity index (χ0n) is 13.9. The molecule has 0 aromatic carbocycles. The molecule has 2 fully saturated rings. The fraction of sp³-hybridized carbons (Fsp3) is 0.938. The Morgan fingerprint density at radius 3 is 2.38 bits per heavy atom. The molecular weight excluding hydrogens is 264 g/mol. The highest BCUT2D eigenvalue weighted by Crippen LogP contribution is 2.27. The van der Waals surface area contributed by atoms with Crippen LogP contribution in [-0.4, -0.2) is 67.1 Å². The molecule has 1 unspecified atom stereocenters. The molecule has 2 rings (SSSR count). The first kappa shape index (κ1) is 16.7. The average molecular weight is 296 g/mol. The highest BCUT2D eigenvalue weighted by Gasteiger charge is 2.34. The Morgan fingerprint density at radius 1 is 1.19 bits per heavy atom. The van der Waals surface area contributed by atoms with Crippen LogP contribution in [0.25, 0.3) is 0 Å². The van der Waals surface area contributed by atoms with Crippen LogP contribution < -0.4 is 11.1 Å². The predicted molar refractivity (Wildman–Crippen MR) is 86.1 cm³/mol. The van der Waals surface area contributed by atoms with E-state index in [4.69, 9.17) is 5.73 Å². The zero-order chi connectivity index (χ0) is 15.5. The third-order valence-electron chi connectivity index (χ3n) is 5.16. The number of likely N-dealkylation sites (tertiary alicyclic amines) is 2. The minimum Gasteiger partial charge on any atom is -0.352 e. The van der Waals surface area contributed by atoms with Crippen LogP contribution in [0.1, 0.15) is 40.0 Å². The summed E-state index contributed by atoms with van der Waals surface area (Å²) in [5, 5.41) is 3.21. The number of hydrogen-bond acceptors (Lipinski definition) is 4. The number of nitrogens with one attached hydrogen (secondary N) is 1. The number of amides is 1. The van der Waals surface area contributed by atoms with Crippen LogP contribution in [0.15, 0.2) is 0 Å². The lowest BCUT2D eigenvalue weighted by Crippen LogP contribution is -2.55. The van der Waals surface area contributed by atoms with Gasteiger partial charge in [0.15, 0.2) is 0 Å². The SMILES string of the molecule is CCN1CCC(NC(=O)CN2CCC(N)C(C)(C)C2)CC1. The van der Waals surface area contributed by atoms with E-state index in [1.165, 1.54) is 0 Å². The van der Waals surface area contributed by atoms with E-state index in [0.29, 0.717) is 12.6 Å². The molecule has 0 spiro atoms. The summed E-state index contributed by atoms with van der Waals surface area (Å²) in [4.78, 5) is 16.9. The molecular formula is C16H32N4O. The van der Waals surface area contributed by atoms with Gasteiger partial charge in [-0.1, -0.05) is 20.8 Å². The second kappa shape index (κ2) is 7.07. The minimum absolute atomic E-state index is 0.102. The first-order chi connectivity index (χ1) is 9.90. The van der Waals surface area contributed by atoms with Crippen molar-refractivity contribution in [2.75, 3.05) is 39.3 Å². The molecule has 2 aliphatic rings. The Morgan fingerprint density at radius 2 is 1.81 bits per heavy atom. The summed E-state index contributed by atoms with van der Waals surface area (Å²) in [5.41, 5.74) is 6.25. The Balaban J connectivity index is 1.73. The van der Waals surface area contributed by atoms with Gasteiger partial charge in [-0.2, -0.15) is 0 Å². The van der Waals surface area contributed by atoms with E-state index in [0.717, 1.165) is 52.0 Å². The normalized spacial score (nSPS) is 28.5. The van der Waals surface area contributed by atoms with Crippen molar-refractivity contribution in [2.45, 2.75) is 52.1 Å². The number of hydrogen-bond donors (Lipinski definition) is 2. The van der Waals surface area contributed by atoms with Crippen LogP contribution in [0, 0.1) is 5.41 Å². The number of carbonyl (C=O) groups is 1. The second-order valence-electron chi connectivity index (χ2n) is 7.37. The molecule has 122 valence electrons. The van der Waals surface area contributed by atoms with Gasteiger partial charge in [-0.3, -0.25) is 9.69 Å². The van der Waals surface area contributed by atoms with E-state index < -0.39 is 0 Å². The number of piperidine rings is 2. The van der Waals surface area contributed by atoms with Gasteiger partial charge < -0.3 is 16.0 Å². The maximum absolute atomic E-state index is 12.2. The van der Waals surface area contributed by atoms with E-state index in [9.17, 15) is 4.79 Å². The summed E-state index contributed by atoms with van der Waals surface area (Å²) in [6.45, 7) is 12.3. The van der Waals surface area contributed by atoms with E-state index in [1.807, 2.05) is 0 Å². The second-order valence-corrected chi connectivity index (χ2v) is 7.37. The fourth-order valence-electron chi connectivity index (χ4n) is 3.49. The molecule has 21 heavy (non-hydrogen) atoms. The summed E-state index contributed by atoms with van der Waals surface area (Å²) < 4.78 is 0. The largest absolute Gasteiger partial charge is 0.352 e. The Bertz CT molecular complexity index is 350. The molecule has 2 heterocycles. The van der Waals surface area contributed by atoms with Gasteiger partial charge in [0.2, 0.25) is 5.91 Å². The van der Waals surface area contributed by atoms with Crippen molar-refractivity contribution in [3.05, 3.63) is 0 Å². The molecule has 5 heteroatoms. The standard InChI is InChI=1S/C16H32N4O/c1-4-19-8-5-13(6-9-19)18-15(21)11-20-10-7-14(17)16(2,3)12-20/h13-14H,4-12,17H2,1-3H3,(H,18,21). The van der Waals surface area contributed by atoms with Crippen molar-refractivity contribution in [1.29, 1.82) is 0 Å². The van der Waals surface area contributed by atoms with Crippen molar-refractivity contribution in [1.82, 2.24) is 15.1 Å². The molecule has 1 amide bonds. The highest BCUT2D eigenvalue weighted by molar-refractivity contribution is 5.78. The summed E-state index contributed by atoms with van der Waals surface area (Å²) >= 11 is 0. The van der Waals surface area contributed by atoms with Crippen LogP contribution in [0.5, 0.6) is 0 Å². The smallest absolute Gasteiger partial charge is 0.234 e. The summed E-state index contributed by atoms with van der Waals surface area (Å²) in [6.07, 6.45) is 3.14. The van der Waals surface area contributed by atoms with E-state index in [-0.39, 0.29) is 17.4 Å².